The number of halogens is 1. The quantitative estimate of drug-likeness (QED) is 0.912. The number of aliphatic hydroxyl groups is 1. The van der Waals surface area contributed by atoms with Gasteiger partial charge in [-0.05, 0) is 42.7 Å². The third-order valence-electron chi connectivity index (χ3n) is 4.99. The molecule has 1 saturated heterocycles. The first-order valence-electron chi connectivity index (χ1n) is 8.62. The lowest BCUT2D eigenvalue weighted by atomic mass is 9.91. The van der Waals surface area contributed by atoms with Crippen LogP contribution in [0.2, 0.25) is 5.02 Å². The number of imidazole rings is 1. The average molecular weight is 360 g/mol. The molecule has 0 radical (unpaired) electrons. The number of benzene rings is 1. The van der Waals surface area contributed by atoms with Crippen molar-refractivity contribution in [3.05, 3.63) is 53.1 Å². The Morgan fingerprint density at radius 2 is 2.12 bits per heavy atom. The number of ether oxygens (including phenoxy) is 1. The van der Waals surface area contributed by atoms with Crippen molar-refractivity contribution in [2.24, 2.45) is 0 Å². The standard InChI is InChI=1S/C19H22ClN3O2/c20-17-1-2-18-16(10-17)9-15(12-25-18)11-22-6-3-19(24,4-7-22)13-23-8-5-21-14-23/h1-2,5,8-10,14,24H,3-4,6-7,11-13H2. The predicted octanol–water partition coefficient (Wildman–Crippen LogP) is 2.84. The van der Waals surface area contributed by atoms with Gasteiger partial charge in [-0.1, -0.05) is 11.6 Å². The Hall–Kier alpha value is -1.82. The summed E-state index contributed by atoms with van der Waals surface area (Å²) in [6.07, 6.45) is 9.12. The lowest BCUT2D eigenvalue weighted by Gasteiger charge is -2.38. The van der Waals surface area contributed by atoms with Crippen LogP contribution in [0.5, 0.6) is 5.75 Å². The van der Waals surface area contributed by atoms with E-state index in [-0.39, 0.29) is 0 Å². The molecule has 0 amide bonds. The van der Waals surface area contributed by atoms with Crippen molar-refractivity contribution in [3.8, 4) is 5.75 Å². The first-order chi connectivity index (χ1) is 12.1. The maximum absolute atomic E-state index is 10.8. The number of hydrogen-bond donors (Lipinski definition) is 1. The molecule has 0 bridgehead atoms. The fourth-order valence-electron chi connectivity index (χ4n) is 3.58. The zero-order valence-corrected chi connectivity index (χ0v) is 14.8. The van der Waals surface area contributed by atoms with Crippen LogP contribution >= 0.6 is 11.6 Å². The summed E-state index contributed by atoms with van der Waals surface area (Å²) in [5, 5.41) is 11.5. The minimum Gasteiger partial charge on any atom is -0.489 e. The SMILES string of the molecule is OC1(Cn2ccnc2)CCN(CC2=Cc3cc(Cl)ccc3OC2)CC1. The molecule has 2 aliphatic heterocycles. The van der Waals surface area contributed by atoms with Crippen LogP contribution in [0, 0.1) is 0 Å². The lowest BCUT2D eigenvalue weighted by molar-refractivity contribution is -0.0325. The van der Waals surface area contributed by atoms with Crippen LogP contribution in [-0.2, 0) is 6.54 Å². The number of likely N-dealkylation sites (tertiary alicyclic amines) is 1. The molecule has 0 unspecified atom stereocenters. The van der Waals surface area contributed by atoms with Gasteiger partial charge in [-0.15, -0.1) is 0 Å². The molecule has 3 heterocycles. The van der Waals surface area contributed by atoms with Gasteiger partial charge in [0.15, 0.2) is 0 Å². The average Bonchev–Trinajstić information content (AvgIpc) is 3.09. The molecule has 2 aromatic rings. The molecule has 4 rings (SSSR count). The molecule has 1 aromatic heterocycles. The van der Waals surface area contributed by atoms with Crippen LogP contribution in [0.3, 0.4) is 0 Å². The van der Waals surface area contributed by atoms with E-state index in [9.17, 15) is 5.11 Å². The molecule has 2 aliphatic rings. The van der Waals surface area contributed by atoms with Gasteiger partial charge in [0.25, 0.3) is 0 Å². The fraction of sp³-hybridized carbons (Fsp3) is 0.421. The molecule has 25 heavy (non-hydrogen) atoms. The first-order valence-corrected chi connectivity index (χ1v) is 9.00. The predicted molar refractivity (Wildman–Crippen MR) is 97.8 cm³/mol. The molecule has 6 heteroatoms. The smallest absolute Gasteiger partial charge is 0.127 e. The Morgan fingerprint density at radius 3 is 2.88 bits per heavy atom. The molecule has 0 aliphatic carbocycles. The third kappa shape index (κ3) is 3.89. The minimum atomic E-state index is -0.644. The summed E-state index contributed by atoms with van der Waals surface area (Å²) in [5.74, 6) is 0.890. The highest BCUT2D eigenvalue weighted by Gasteiger charge is 2.32. The van der Waals surface area contributed by atoms with Crippen LogP contribution in [0.4, 0.5) is 0 Å². The molecule has 0 saturated carbocycles. The summed E-state index contributed by atoms with van der Waals surface area (Å²) in [7, 11) is 0. The highest BCUT2D eigenvalue weighted by molar-refractivity contribution is 6.30. The van der Waals surface area contributed by atoms with Crippen LogP contribution in [0.25, 0.3) is 6.08 Å². The number of rotatable bonds is 4. The van der Waals surface area contributed by atoms with Crippen LogP contribution < -0.4 is 4.74 Å². The summed E-state index contributed by atoms with van der Waals surface area (Å²) in [6.45, 7) is 3.85. The van der Waals surface area contributed by atoms with Gasteiger partial charge in [-0.3, -0.25) is 4.90 Å². The monoisotopic (exact) mass is 359 g/mol. The number of aromatic nitrogens is 2. The van der Waals surface area contributed by atoms with E-state index in [0.29, 0.717) is 13.2 Å². The molecule has 132 valence electrons. The van der Waals surface area contributed by atoms with Crippen molar-refractivity contribution < 1.29 is 9.84 Å². The van der Waals surface area contributed by atoms with Gasteiger partial charge in [-0.25, -0.2) is 4.98 Å². The Labute approximate surface area is 152 Å². The maximum Gasteiger partial charge on any atom is 0.127 e. The normalized spacial score (nSPS) is 19.8. The number of fused-ring (bicyclic) bond motifs is 1. The van der Waals surface area contributed by atoms with E-state index in [1.165, 1.54) is 5.57 Å². The number of nitrogens with zero attached hydrogens (tertiary/aromatic N) is 3. The molecule has 5 nitrogen and oxygen atoms in total. The highest BCUT2D eigenvalue weighted by Crippen LogP contribution is 2.30. The van der Waals surface area contributed by atoms with Crippen molar-refractivity contribution in [2.75, 3.05) is 26.2 Å². The Kier molecular flexibility index (Phi) is 4.54. The van der Waals surface area contributed by atoms with Gasteiger partial charge < -0.3 is 14.4 Å². The molecular weight excluding hydrogens is 338 g/mol. The Balaban J connectivity index is 1.36. The van der Waals surface area contributed by atoms with Gasteiger partial charge in [0.1, 0.15) is 12.4 Å². The second-order valence-electron chi connectivity index (χ2n) is 7.01. The van der Waals surface area contributed by atoms with Crippen molar-refractivity contribution in [3.63, 3.8) is 0 Å². The van der Waals surface area contributed by atoms with E-state index < -0.39 is 5.60 Å². The summed E-state index contributed by atoms with van der Waals surface area (Å²) in [5.41, 5.74) is 1.64. The highest BCUT2D eigenvalue weighted by atomic mass is 35.5. The van der Waals surface area contributed by atoms with Gasteiger partial charge >= 0.3 is 0 Å². The van der Waals surface area contributed by atoms with Crippen molar-refractivity contribution in [2.45, 2.75) is 25.0 Å². The van der Waals surface area contributed by atoms with Gasteiger partial charge in [0.2, 0.25) is 0 Å². The third-order valence-corrected chi connectivity index (χ3v) is 5.23. The summed E-state index contributed by atoms with van der Waals surface area (Å²) >= 11 is 6.08. The number of hydrogen-bond acceptors (Lipinski definition) is 4. The molecule has 0 spiro atoms. The van der Waals surface area contributed by atoms with E-state index in [1.54, 1.807) is 12.5 Å². The fourth-order valence-corrected chi connectivity index (χ4v) is 3.76. The van der Waals surface area contributed by atoms with Crippen LogP contribution in [0.15, 0.2) is 42.5 Å². The summed E-state index contributed by atoms with van der Waals surface area (Å²) in [4.78, 5) is 6.43. The molecule has 1 N–H and O–H groups in total. The molecule has 0 atom stereocenters. The minimum absolute atomic E-state index is 0.610. The van der Waals surface area contributed by atoms with E-state index in [2.05, 4.69) is 16.0 Å². The molecule has 1 aromatic carbocycles. The van der Waals surface area contributed by atoms with Crippen molar-refractivity contribution in [1.29, 1.82) is 0 Å². The molecular formula is C19H22ClN3O2. The largest absolute Gasteiger partial charge is 0.489 e. The Morgan fingerprint density at radius 1 is 1.28 bits per heavy atom. The van der Waals surface area contributed by atoms with Crippen molar-refractivity contribution >= 4 is 17.7 Å². The van der Waals surface area contributed by atoms with Gasteiger partial charge in [0.05, 0.1) is 18.5 Å². The zero-order valence-electron chi connectivity index (χ0n) is 14.1. The van der Waals surface area contributed by atoms with Gasteiger partial charge in [-0.2, -0.15) is 0 Å². The topological polar surface area (TPSA) is 50.5 Å². The van der Waals surface area contributed by atoms with Crippen LogP contribution in [0.1, 0.15) is 18.4 Å². The van der Waals surface area contributed by atoms with Crippen molar-refractivity contribution in [1.82, 2.24) is 14.5 Å². The van der Waals surface area contributed by atoms with E-state index in [1.807, 2.05) is 29.0 Å². The van der Waals surface area contributed by atoms with E-state index >= 15 is 0 Å². The second-order valence-corrected chi connectivity index (χ2v) is 7.45. The summed E-state index contributed by atoms with van der Waals surface area (Å²) in [6, 6.07) is 5.71. The molecule has 1 fully saturated rings. The summed E-state index contributed by atoms with van der Waals surface area (Å²) < 4.78 is 7.78. The number of piperidine rings is 1. The lowest BCUT2D eigenvalue weighted by Crippen LogP contribution is -2.47. The second kappa shape index (κ2) is 6.83. The zero-order chi connectivity index (χ0) is 17.3. The first kappa shape index (κ1) is 16.6. The van der Waals surface area contributed by atoms with E-state index in [4.69, 9.17) is 16.3 Å². The van der Waals surface area contributed by atoms with Crippen LogP contribution in [-0.4, -0.2) is 51.4 Å². The Bertz CT molecular complexity index is 765. The maximum atomic E-state index is 10.8. The van der Waals surface area contributed by atoms with E-state index in [0.717, 1.165) is 48.8 Å². The van der Waals surface area contributed by atoms with Gasteiger partial charge in [0, 0.05) is 42.6 Å².